The number of rotatable bonds is 13. The molecule has 1 N–H and O–H groups in total. The van der Waals surface area contributed by atoms with Gasteiger partial charge in [0.25, 0.3) is 5.56 Å². The van der Waals surface area contributed by atoms with Gasteiger partial charge in [-0.05, 0) is 90.3 Å². The second-order valence-corrected chi connectivity index (χ2v) is 12.7. The fourth-order valence-corrected chi connectivity index (χ4v) is 6.29. The van der Waals surface area contributed by atoms with Crippen LogP contribution < -0.4 is 5.56 Å². The molecule has 236 valence electrons. The number of alkyl halides is 1. The number of hydrogen-bond acceptors (Lipinski definition) is 4. The van der Waals surface area contributed by atoms with E-state index in [4.69, 9.17) is 11.6 Å². The topological polar surface area (TPSA) is 79.6 Å². The molecule has 1 aliphatic rings. The number of halogens is 4. The van der Waals surface area contributed by atoms with E-state index >= 15 is 4.39 Å². The fraction of sp³-hybridized carbons (Fsp3) is 0.441. The molecule has 2 atom stereocenters. The summed E-state index contributed by atoms with van der Waals surface area (Å²) in [5.74, 6) is -3.93. The van der Waals surface area contributed by atoms with E-state index < -0.39 is 47.9 Å². The van der Waals surface area contributed by atoms with Crippen LogP contribution in [0.15, 0.2) is 47.4 Å². The van der Waals surface area contributed by atoms with E-state index in [1.54, 1.807) is 26.1 Å². The van der Waals surface area contributed by atoms with Gasteiger partial charge >= 0.3 is 5.97 Å². The standard InChI is InChI=1S/C34H38ClF3N2O4/c1-19(2)9-29(40-16-22(5-6-31(40)42)7-8-39-17-26(37)18-39)30(41)14-23(15-32(43)44)27-12-24(13-28(35)34(27)38)33-20(3)10-25(36)11-21(33)4/h5-6,10-13,16,19,23,26,29H,7-9,14-15,17-18H2,1-4H3,(H,43,44)/t23-,29?/m0/s1. The number of benzene rings is 2. The molecule has 3 aromatic rings. The van der Waals surface area contributed by atoms with Crippen LogP contribution in [0, 0.1) is 31.4 Å². The summed E-state index contributed by atoms with van der Waals surface area (Å²) < 4.78 is 44.2. The van der Waals surface area contributed by atoms with Crippen molar-refractivity contribution in [2.75, 3.05) is 19.6 Å². The molecule has 0 saturated carbocycles. The normalized spacial score (nSPS) is 15.3. The van der Waals surface area contributed by atoms with Gasteiger partial charge in [0, 0.05) is 44.2 Å². The molecule has 1 fully saturated rings. The zero-order chi connectivity index (χ0) is 32.3. The van der Waals surface area contributed by atoms with Crippen molar-refractivity contribution in [1.29, 1.82) is 0 Å². The number of likely N-dealkylation sites (tertiary alicyclic amines) is 1. The first-order valence-electron chi connectivity index (χ1n) is 14.8. The molecule has 10 heteroatoms. The Balaban J connectivity index is 1.69. The van der Waals surface area contributed by atoms with Gasteiger partial charge in [-0.1, -0.05) is 31.5 Å². The highest BCUT2D eigenvalue weighted by Crippen LogP contribution is 2.38. The van der Waals surface area contributed by atoms with Gasteiger partial charge in [0.05, 0.1) is 17.5 Å². The molecular formula is C34H38ClF3N2O4. The predicted molar refractivity (Wildman–Crippen MR) is 165 cm³/mol. The van der Waals surface area contributed by atoms with E-state index in [1.165, 1.54) is 34.9 Å². The number of hydrogen-bond donors (Lipinski definition) is 1. The van der Waals surface area contributed by atoms with Crippen LogP contribution in [-0.2, 0) is 16.0 Å². The van der Waals surface area contributed by atoms with Crippen molar-refractivity contribution in [3.63, 3.8) is 0 Å². The third kappa shape index (κ3) is 7.99. The second-order valence-electron chi connectivity index (χ2n) is 12.3. The molecule has 0 aliphatic carbocycles. The Kier molecular flexibility index (Phi) is 10.7. The molecule has 4 rings (SSSR count). The quantitative estimate of drug-likeness (QED) is 0.219. The minimum absolute atomic E-state index is 0.0129. The Labute approximate surface area is 260 Å². The number of aromatic nitrogens is 1. The lowest BCUT2D eigenvalue weighted by Gasteiger charge is -2.34. The Hall–Kier alpha value is -3.43. The number of aryl methyl sites for hydroxylation is 2. The Morgan fingerprint density at radius 1 is 1.05 bits per heavy atom. The zero-order valence-corrected chi connectivity index (χ0v) is 26.1. The summed E-state index contributed by atoms with van der Waals surface area (Å²) >= 11 is 6.31. The summed E-state index contributed by atoms with van der Waals surface area (Å²) in [6.07, 6.45) is 0.817. The van der Waals surface area contributed by atoms with Gasteiger partial charge in [-0.25, -0.2) is 13.2 Å². The summed E-state index contributed by atoms with van der Waals surface area (Å²) in [6, 6.07) is 7.78. The maximum Gasteiger partial charge on any atom is 0.303 e. The largest absolute Gasteiger partial charge is 0.481 e. The third-order valence-corrected chi connectivity index (χ3v) is 8.46. The Bertz CT molecular complexity index is 1580. The molecular weight excluding hydrogens is 593 g/mol. The Morgan fingerprint density at radius 2 is 1.70 bits per heavy atom. The number of carboxylic acid groups (broad SMARTS) is 1. The first-order chi connectivity index (χ1) is 20.7. The van der Waals surface area contributed by atoms with Crippen LogP contribution in [-0.4, -0.2) is 52.1 Å². The number of carboxylic acids is 1. The van der Waals surface area contributed by atoms with Gasteiger partial charge in [-0.3, -0.25) is 19.3 Å². The molecule has 1 unspecified atom stereocenters. The van der Waals surface area contributed by atoms with Crippen molar-refractivity contribution in [1.82, 2.24) is 9.47 Å². The molecule has 1 aliphatic heterocycles. The molecule has 2 aromatic carbocycles. The average Bonchev–Trinajstić information content (AvgIpc) is 2.90. The van der Waals surface area contributed by atoms with Crippen molar-refractivity contribution in [2.45, 2.75) is 71.5 Å². The number of pyridine rings is 1. The van der Waals surface area contributed by atoms with Crippen LogP contribution in [0.1, 0.15) is 67.3 Å². The molecule has 6 nitrogen and oxygen atoms in total. The predicted octanol–water partition coefficient (Wildman–Crippen LogP) is 7.06. The molecule has 0 bridgehead atoms. The van der Waals surface area contributed by atoms with Crippen molar-refractivity contribution in [3.8, 4) is 11.1 Å². The number of nitrogens with zero attached hydrogens (tertiary/aromatic N) is 2. The van der Waals surface area contributed by atoms with E-state index in [2.05, 4.69) is 0 Å². The van der Waals surface area contributed by atoms with Crippen molar-refractivity contribution < 1.29 is 27.9 Å². The van der Waals surface area contributed by atoms with Crippen LogP contribution in [0.4, 0.5) is 13.2 Å². The van der Waals surface area contributed by atoms with Gasteiger partial charge in [-0.15, -0.1) is 0 Å². The van der Waals surface area contributed by atoms with Gasteiger partial charge in [-0.2, -0.15) is 0 Å². The molecule has 0 radical (unpaired) electrons. The molecule has 0 spiro atoms. The second kappa shape index (κ2) is 14.1. The first kappa shape index (κ1) is 33.5. The lowest BCUT2D eigenvalue weighted by atomic mass is 9.84. The van der Waals surface area contributed by atoms with Crippen molar-refractivity contribution in [3.05, 3.63) is 91.9 Å². The number of carbonyl (C=O) groups is 2. The van der Waals surface area contributed by atoms with Gasteiger partial charge < -0.3 is 9.67 Å². The van der Waals surface area contributed by atoms with E-state index in [9.17, 15) is 28.3 Å². The summed E-state index contributed by atoms with van der Waals surface area (Å²) in [5.41, 5.74) is 2.70. The zero-order valence-electron chi connectivity index (χ0n) is 25.4. The molecule has 1 saturated heterocycles. The SMILES string of the molecule is Cc1cc(F)cc(C)c1-c1cc(Cl)c(F)c([C@H](CC(=O)O)CC(=O)C(CC(C)C)n2cc(CCN3CC(F)C3)ccc2=O)c1. The smallest absolute Gasteiger partial charge is 0.303 e. The van der Waals surface area contributed by atoms with Crippen LogP contribution in [0.3, 0.4) is 0 Å². The monoisotopic (exact) mass is 630 g/mol. The molecule has 0 amide bonds. The molecule has 2 heterocycles. The maximum atomic E-state index is 15.6. The van der Waals surface area contributed by atoms with Crippen LogP contribution in [0.25, 0.3) is 11.1 Å². The van der Waals surface area contributed by atoms with Crippen LogP contribution >= 0.6 is 11.6 Å². The summed E-state index contributed by atoms with van der Waals surface area (Å²) in [4.78, 5) is 40.9. The van der Waals surface area contributed by atoms with Crippen molar-refractivity contribution >= 4 is 23.4 Å². The number of aliphatic carboxylic acids is 1. The summed E-state index contributed by atoms with van der Waals surface area (Å²) in [7, 11) is 0. The third-order valence-electron chi connectivity index (χ3n) is 8.18. The molecule has 44 heavy (non-hydrogen) atoms. The van der Waals surface area contributed by atoms with E-state index in [0.717, 1.165) is 5.56 Å². The van der Waals surface area contributed by atoms with Gasteiger partial charge in [0.15, 0.2) is 5.78 Å². The van der Waals surface area contributed by atoms with E-state index in [-0.39, 0.29) is 28.5 Å². The lowest BCUT2D eigenvalue weighted by Crippen LogP contribution is -2.48. The highest BCUT2D eigenvalue weighted by Gasteiger charge is 2.30. The van der Waals surface area contributed by atoms with E-state index in [1.807, 2.05) is 18.7 Å². The minimum Gasteiger partial charge on any atom is -0.481 e. The molecule has 1 aromatic heterocycles. The fourth-order valence-electron chi connectivity index (χ4n) is 6.06. The van der Waals surface area contributed by atoms with Gasteiger partial charge in [0.2, 0.25) is 0 Å². The number of Topliss-reactive ketones (excluding diaryl/α,β-unsaturated/α-hetero) is 1. The highest BCUT2D eigenvalue weighted by atomic mass is 35.5. The lowest BCUT2D eigenvalue weighted by molar-refractivity contribution is -0.137. The van der Waals surface area contributed by atoms with Crippen LogP contribution in [0.2, 0.25) is 5.02 Å². The first-order valence-corrected chi connectivity index (χ1v) is 15.2. The Morgan fingerprint density at radius 3 is 2.30 bits per heavy atom. The minimum atomic E-state index is -1.22. The average molecular weight is 631 g/mol. The summed E-state index contributed by atoms with van der Waals surface area (Å²) in [5, 5.41) is 9.52. The van der Waals surface area contributed by atoms with E-state index in [0.29, 0.717) is 54.7 Å². The number of carbonyl (C=O) groups excluding carboxylic acids is 1. The van der Waals surface area contributed by atoms with Crippen molar-refractivity contribution in [2.24, 2.45) is 5.92 Å². The number of ketones is 1. The highest BCUT2D eigenvalue weighted by molar-refractivity contribution is 6.31. The maximum absolute atomic E-state index is 15.6. The summed E-state index contributed by atoms with van der Waals surface area (Å²) in [6.45, 7) is 8.62. The van der Waals surface area contributed by atoms with Crippen LogP contribution in [0.5, 0.6) is 0 Å². The van der Waals surface area contributed by atoms with Gasteiger partial charge in [0.1, 0.15) is 17.8 Å².